The molecule has 0 aliphatic heterocycles. The summed E-state index contributed by atoms with van der Waals surface area (Å²) >= 11 is 3.31. The maximum atomic E-state index is 11.5. The van der Waals surface area contributed by atoms with Crippen LogP contribution < -0.4 is 0 Å². The Bertz CT molecular complexity index is 454. The van der Waals surface area contributed by atoms with E-state index >= 15 is 0 Å². The average Bonchev–Trinajstić information content (AvgIpc) is 2.15. The zero-order valence-electron chi connectivity index (χ0n) is 8.57. The third kappa shape index (κ3) is 2.80. The molecule has 0 heterocycles. The maximum absolute atomic E-state index is 11.5. The number of hydrogen-bond acceptors (Lipinski definition) is 3. The first-order valence-electron chi connectivity index (χ1n) is 4.47. The quantitative estimate of drug-likeness (QED) is 0.926. The van der Waals surface area contributed by atoms with Gasteiger partial charge in [-0.15, -0.1) is 0 Å². The molecule has 0 saturated carbocycles. The van der Waals surface area contributed by atoms with Crippen LogP contribution in [0.3, 0.4) is 0 Å². The van der Waals surface area contributed by atoms with Gasteiger partial charge in [-0.05, 0) is 17.7 Å². The van der Waals surface area contributed by atoms with E-state index in [1.165, 1.54) is 6.26 Å². The molecule has 0 radical (unpaired) electrons. The van der Waals surface area contributed by atoms with Crippen molar-refractivity contribution in [2.75, 3.05) is 12.9 Å². The third-order valence-electron chi connectivity index (χ3n) is 2.18. The molecular formula is C10H13BrO3S. The molecule has 0 aliphatic rings. The van der Waals surface area contributed by atoms with Crippen LogP contribution in [0.4, 0.5) is 0 Å². The van der Waals surface area contributed by atoms with Gasteiger partial charge in [0, 0.05) is 23.3 Å². The summed E-state index contributed by atoms with van der Waals surface area (Å²) in [5, 5.41) is 9.09. The highest BCUT2D eigenvalue weighted by molar-refractivity contribution is 9.10. The van der Waals surface area contributed by atoms with Crippen LogP contribution in [0.1, 0.15) is 18.4 Å². The molecule has 0 amide bonds. The Morgan fingerprint density at radius 1 is 1.47 bits per heavy atom. The van der Waals surface area contributed by atoms with Crippen molar-refractivity contribution < 1.29 is 13.5 Å². The number of aliphatic hydroxyl groups is 1. The zero-order valence-corrected chi connectivity index (χ0v) is 11.0. The first kappa shape index (κ1) is 12.7. The lowest BCUT2D eigenvalue weighted by Gasteiger charge is -2.15. The molecule has 1 rings (SSSR count). The first-order valence-corrected chi connectivity index (χ1v) is 7.15. The summed E-state index contributed by atoms with van der Waals surface area (Å²) in [6.45, 7) is 1.71. The Labute approximate surface area is 98.2 Å². The van der Waals surface area contributed by atoms with E-state index in [2.05, 4.69) is 15.9 Å². The molecule has 1 aromatic rings. The van der Waals surface area contributed by atoms with E-state index in [9.17, 15) is 8.42 Å². The van der Waals surface area contributed by atoms with E-state index in [-0.39, 0.29) is 17.4 Å². The summed E-state index contributed by atoms with van der Waals surface area (Å²) in [6.07, 6.45) is 1.17. The molecule has 1 N–H and O–H groups in total. The highest BCUT2D eigenvalue weighted by Crippen LogP contribution is 2.30. The Balaban J connectivity index is 3.47. The predicted octanol–water partition coefficient (Wildman–Crippen LogP) is 1.95. The van der Waals surface area contributed by atoms with Crippen LogP contribution in [-0.2, 0) is 9.84 Å². The fraction of sp³-hybridized carbons (Fsp3) is 0.400. The largest absolute Gasteiger partial charge is 0.396 e. The van der Waals surface area contributed by atoms with Gasteiger partial charge < -0.3 is 5.11 Å². The minimum absolute atomic E-state index is 0.0782. The Hall–Kier alpha value is -0.390. The normalized spacial score (nSPS) is 13.9. The summed E-state index contributed by atoms with van der Waals surface area (Å²) in [5.74, 6) is -0.203. The standard InChI is InChI=1S/C10H13BrO3S/c1-7(6-12)10-8(11)4-3-5-9(10)15(2,13)14/h3-5,7,12H,6H2,1-2H3. The summed E-state index contributed by atoms with van der Waals surface area (Å²) in [4.78, 5) is 0.276. The number of aliphatic hydroxyl groups excluding tert-OH is 1. The topological polar surface area (TPSA) is 54.4 Å². The van der Waals surface area contributed by atoms with E-state index in [4.69, 9.17) is 5.11 Å². The molecule has 0 saturated heterocycles. The smallest absolute Gasteiger partial charge is 0.175 e. The summed E-state index contributed by atoms with van der Waals surface area (Å²) < 4.78 is 23.8. The summed E-state index contributed by atoms with van der Waals surface area (Å²) in [5.41, 5.74) is 0.641. The van der Waals surface area contributed by atoms with Gasteiger partial charge >= 0.3 is 0 Å². The maximum Gasteiger partial charge on any atom is 0.175 e. The molecule has 0 aliphatic carbocycles. The minimum atomic E-state index is -3.25. The second-order valence-corrected chi connectivity index (χ2v) is 6.35. The molecule has 0 bridgehead atoms. The van der Waals surface area contributed by atoms with Crippen LogP contribution in [0.25, 0.3) is 0 Å². The Kier molecular flexibility index (Phi) is 3.92. The van der Waals surface area contributed by atoms with Crippen molar-refractivity contribution in [1.82, 2.24) is 0 Å². The van der Waals surface area contributed by atoms with Crippen LogP contribution in [0.2, 0.25) is 0 Å². The van der Waals surface area contributed by atoms with Gasteiger partial charge in [0.05, 0.1) is 4.90 Å². The van der Waals surface area contributed by atoms with Crippen molar-refractivity contribution in [3.8, 4) is 0 Å². The molecule has 3 nitrogen and oxygen atoms in total. The average molecular weight is 293 g/mol. The van der Waals surface area contributed by atoms with Gasteiger partial charge in [-0.1, -0.05) is 28.9 Å². The van der Waals surface area contributed by atoms with Crippen molar-refractivity contribution in [1.29, 1.82) is 0 Å². The molecule has 0 fully saturated rings. The molecule has 1 unspecified atom stereocenters. The van der Waals surface area contributed by atoms with Crippen LogP contribution >= 0.6 is 15.9 Å². The number of rotatable bonds is 3. The highest BCUT2D eigenvalue weighted by Gasteiger charge is 2.19. The van der Waals surface area contributed by atoms with Gasteiger partial charge in [0.15, 0.2) is 9.84 Å². The molecule has 1 aromatic carbocycles. The second-order valence-electron chi connectivity index (χ2n) is 3.51. The van der Waals surface area contributed by atoms with Gasteiger partial charge in [-0.2, -0.15) is 0 Å². The van der Waals surface area contributed by atoms with E-state index in [1.807, 2.05) is 0 Å². The number of hydrogen-bond donors (Lipinski definition) is 1. The van der Waals surface area contributed by atoms with Crippen LogP contribution in [0.15, 0.2) is 27.6 Å². The predicted molar refractivity (Wildman–Crippen MR) is 62.8 cm³/mol. The van der Waals surface area contributed by atoms with Crippen molar-refractivity contribution in [3.05, 3.63) is 28.2 Å². The molecule has 15 heavy (non-hydrogen) atoms. The minimum Gasteiger partial charge on any atom is -0.396 e. The first-order chi connectivity index (χ1) is 6.88. The van der Waals surface area contributed by atoms with E-state index in [1.54, 1.807) is 25.1 Å². The Morgan fingerprint density at radius 2 is 2.07 bits per heavy atom. The Morgan fingerprint density at radius 3 is 2.53 bits per heavy atom. The zero-order chi connectivity index (χ0) is 11.6. The summed E-state index contributed by atoms with van der Waals surface area (Å²) in [7, 11) is -3.25. The molecule has 84 valence electrons. The van der Waals surface area contributed by atoms with E-state index in [0.717, 1.165) is 0 Å². The van der Waals surface area contributed by atoms with Crippen LogP contribution in [0, 0.1) is 0 Å². The van der Waals surface area contributed by atoms with E-state index < -0.39 is 9.84 Å². The van der Waals surface area contributed by atoms with Crippen LogP contribution in [0.5, 0.6) is 0 Å². The molecule has 0 spiro atoms. The van der Waals surface area contributed by atoms with Crippen molar-refractivity contribution in [2.24, 2.45) is 0 Å². The lowest BCUT2D eigenvalue weighted by atomic mass is 10.0. The number of sulfone groups is 1. The fourth-order valence-corrected chi connectivity index (χ4v) is 3.33. The number of halogens is 1. The fourth-order valence-electron chi connectivity index (χ4n) is 1.41. The lowest BCUT2D eigenvalue weighted by Crippen LogP contribution is -2.08. The van der Waals surface area contributed by atoms with Gasteiger partial charge in [0.2, 0.25) is 0 Å². The molecular weight excluding hydrogens is 280 g/mol. The van der Waals surface area contributed by atoms with Gasteiger partial charge in [0.25, 0.3) is 0 Å². The van der Waals surface area contributed by atoms with Crippen molar-refractivity contribution >= 4 is 25.8 Å². The van der Waals surface area contributed by atoms with Crippen molar-refractivity contribution in [2.45, 2.75) is 17.7 Å². The number of benzene rings is 1. The monoisotopic (exact) mass is 292 g/mol. The van der Waals surface area contributed by atoms with Gasteiger partial charge in [0.1, 0.15) is 0 Å². The molecule has 0 aromatic heterocycles. The lowest BCUT2D eigenvalue weighted by molar-refractivity contribution is 0.271. The second kappa shape index (κ2) is 4.63. The third-order valence-corrected chi connectivity index (χ3v) is 4.03. The van der Waals surface area contributed by atoms with Crippen molar-refractivity contribution in [3.63, 3.8) is 0 Å². The van der Waals surface area contributed by atoms with E-state index in [0.29, 0.717) is 10.0 Å². The van der Waals surface area contributed by atoms with Crippen LogP contribution in [-0.4, -0.2) is 26.4 Å². The SMILES string of the molecule is CC(CO)c1c(Br)cccc1S(C)(=O)=O. The summed E-state index contributed by atoms with van der Waals surface area (Å²) in [6, 6.07) is 5.01. The van der Waals surface area contributed by atoms with Gasteiger partial charge in [-0.3, -0.25) is 0 Å². The highest BCUT2D eigenvalue weighted by atomic mass is 79.9. The molecule has 1 atom stereocenters. The molecule has 5 heteroatoms. The van der Waals surface area contributed by atoms with Gasteiger partial charge in [-0.25, -0.2) is 8.42 Å².